The molecule has 0 spiro atoms. The minimum Gasteiger partial charge on any atom is -0.465 e. The molecular formula is C31H33NO5S. The Bertz CT molecular complexity index is 1360. The van der Waals surface area contributed by atoms with Crippen LogP contribution in [0.4, 0.5) is 0 Å². The van der Waals surface area contributed by atoms with Gasteiger partial charge in [-0.3, -0.25) is 9.00 Å². The molecule has 2 atom stereocenters. The predicted molar refractivity (Wildman–Crippen MR) is 150 cm³/mol. The number of esters is 1. The molecule has 38 heavy (non-hydrogen) atoms. The van der Waals surface area contributed by atoms with Gasteiger partial charge in [0.05, 0.1) is 34.1 Å². The number of nitrogens with zero attached hydrogens (tertiary/aromatic N) is 1. The van der Waals surface area contributed by atoms with Crippen molar-refractivity contribution in [2.24, 2.45) is 0 Å². The fraction of sp³-hybridized carbons (Fsp3) is 0.290. The summed E-state index contributed by atoms with van der Waals surface area (Å²) in [4.78, 5) is 10.8. The van der Waals surface area contributed by atoms with Crippen LogP contribution in [0, 0.1) is 6.92 Å². The first-order valence-corrected chi connectivity index (χ1v) is 14.2. The molecule has 1 aliphatic rings. The molecule has 198 valence electrons. The van der Waals surface area contributed by atoms with Crippen LogP contribution in [0.2, 0.25) is 0 Å². The second-order valence-electron chi connectivity index (χ2n) is 9.52. The minimum absolute atomic E-state index is 0.140. The van der Waals surface area contributed by atoms with Gasteiger partial charge in [0.15, 0.2) is 10.7 Å². The molecule has 0 amide bonds. The zero-order valence-corrected chi connectivity index (χ0v) is 23.0. The summed E-state index contributed by atoms with van der Waals surface area (Å²) in [6.45, 7) is 5.45. The van der Waals surface area contributed by atoms with Crippen molar-refractivity contribution in [2.75, 3.05) is 12.9 Å². The number of rotatable bonds is 7. The maximum absolute atomic E-state index is 12.3. The third-order valence-electron chi connectivity index (χ3n) is 6.89. The molecular weight excluding hydrogens is 498 g/mol. The van der Waals surface area contributed by atoms with Crippen molar-refractivity contribution in [3.8, 4) is 22.5 Å². The highest BCUT2D eigenvalue weighted by atomic mass is 32.2. The van der Waals surface area contributed by atoms with E-state index < -0.39 is 21.1 Å². The molecule has 4 aromatic rings. The topological polar surface area (TPSA) is 89.6 Å². The summed E-state index contributed by atoms with van der Waals surface area (Å²) in [5.41, 5.74) is 4.23. The molecule has 6 nitrogen and oxygen atoms in total. The van der Waals surface area contributed by atoms with Gasteiger partial charge in [-0.15, -0.1) is 0 Å². The fourth-order valence-corrected chi connectivity index (χ4v) is 4.97. The number of aromatic nitrogens is 1. The lowest BCUT2D eigenvalue weighted by molar-refractivity contribution is -0.146. The number of carbonyl (C=O) groups is 1. The van der Waals surface area contributed by atoms with E-state index >= 15 is 0 Å². The van der Waals surface area contributed by atoms with Crippen molar-refractivity contribution in [1.29, 1.82) is 0 Å². The molecule has 1 N–H and O–H groups in total. The Morgan fingerprint density at radius 2 is 1.45 bits per heavy atom. The van der Waals surface area contributed by atoms with E-state index in [1.807, 2.05) is 91.9 Å². The lowest BCUT2D eigenvalue weighted by Crippen LogP contribution is -2.27. The summed E-state index contributed by atoms with van der Waals surface area (Å²) in [6, 6.07) is 27.7. The third kappa shape index (κ3) is 5.64. The standard InChI is InChI=1S/C25H27NO5S.C6H6/c1-5-30-23(27)25(14-15-25)20-12-10-18(11-13-20)17-6-8-19(9-7-17)22-21(16(2)26-31-22)24(3,28)32(4)29;1-2-4-6-5-3-1/h6-13,28H,5,14-15H2,1-4H3;1-6H/t24?,32-;/m0./s1. The van der Waals surface area contributed by atoms with Crippen molar-refractivity contribution < 1.29 is 23.4 Å². The van der Waals surface area contributed by atoms with Gasteiger partial charge in [-0.2, -0.15) is 0 Å². The zero-order valence-electron chi connectivity index (χ0n) is 22.1. The Hall–Kier alpha value is -3.55. The van der Waals surface area contributed by atoms with E-state index in [4.69, 9.17) is 9.26 Å². The van der Waals surface area contributed by atoms with E-state index in [1.54, 1.807) is 6.92 Å². The number of benzene rings is 3. The normalized spacial score (nSPS) is 15.9. The lowest BCUT2D eigenvalue weighted by atomic mass is 9.93. The molecule has 1 saturated carbocycles. The monoisotopic (exact) mass is 531 g/mol. The molecule has 0 radical (unpaired) electrons. The van der Waals surface area contributed by atoms with Crippen LogP contribution in [0.15, 0.2) is 89.5 Å². The Balaban J connectivity index is 0.000000494. The molecule has 1 heterocycles. The molecule has 1 unspecified atom stereocenters. The summed E-state index contributed by atoms with van der Waals surface area (Å²) in [5, 5.41) is 14.7. The first-order chi connectivity index (χ1) is 18.2. The zero-order chi connectivity index (χ0) is 27.3. The molecule has 1 aliphatic carbocycles. The van der Waals surface area contributed by atoms with Crippen LogP contribution in [0.3, 0.4) is 0 Å². The predicted octanol–water partition coefficient (Wildman–Crippen LogP) is 6.14. The summed E-state index contributed by atoms with van der Waals surface area (Å²) in [6.07, 6.45) is 3.10. The van der Waals surface area contributed by atoms with E-state index in [-0.39, 0.29) is 5.97 Å². The van der Waals surface area contributed by atoms with Gasteiger partial charge < -0.3 is 14.4 Å². The van der Waals surface area contributed by atoms with Crippen LogP contribution >= 0.6 is 0 Å². The maximum atomic E-state index is 12.3. The average molecular weight is 532 g/mol. The summed E-state index contributed by atoms with van der Waals surface area (Å²) in [5.74, 6) is 0.272. The number of aryl methyl sites for hydroxylation is 1. The summed E-state index contributed by atoms with van der Waals surface area (Å²) >= 11 is 0. The first-order valence-electron chi connectivity index (χ1n) is 12.6. The third-order valence-corrected chi connectivity index (χ3v) is 8.21. The Labute approximate surface area is 226 Å². The Morgan fingerprint density at radius 1 is 0.974 bits per heavy atom. The number of hydrogen-bond acceptors (Lipinski definition) is 6. The van der Waals surface area contributed by atoms with Gasteiger partial charge in [0.2, 0.25) is 0 Å². The first kappa shape index (κ1) is 27.5. The average Bonchev–Trinajstić information content (AvgIpc) is 3.66. The van der Waals surface area contributed by atoms with Crippen LogP contribution in [0.1, 0.15) is 43.5 Å². The Kier molecular flexibility index (Phi) is 8.29. The number of aliphatic hydroxyl groups is 1. The molecule has 5 rings (SSSR count). The lowest BCUT2D eigenvalue weighted by Gasteiger charge is -2.20. The van der Waals surface area contributed by atoms with Gasteiger partial charge in [0, 0.05) is 11.8 Å². The summed E-state index contributed by atoms with van der Waals surface area (Å²) < 4.78 is 22.8. The van der Waals surface area contributed by atoms with Crippen LogP contribution in [0.5, 0.6) is 0 Å². The molecule has 0 saturated heterocycles. The minimum atomic E-state index is -1.56. The van der Waals surface area contributed by atoms with Gasteiger partial charge in [-0.05, 0) is 50.3 Å². The largest absolute Gasteiger partial charge is 0.465 e. The molecule has 1 fully saturated rings. The van der Waals surface area contributed by atoms with E-state index in [2.05, 4.69) is 5.16 Å². The van der Waals surface area contributed by atoms with Crippen molar-refractivity contribution >= 4 is 16.8 Å². The highest BCUT2D eigenvalue weighted by Crippen LogP contribution is 2.49. The fourth-order valence-electron chi connectivity index (χ4n) is 4.44. The summed E-state index contributed by atoms with van der Waals surface area (Å²) in [7, 11) is -1.52. The molecule has 1 aromatic heterocycles. The van der Waals surface area contributed by atoms with Crippen molar-refractivity contribution in [1.82, 2.24) is 5.16 Å². The Morgan fingerprint density at radius 3 is 1.89 bits per heavy atom. The van der Waals surface area contributed by atoms with Crippen LogP contribution in [-0.4, -0.2) is 33.3 Å². The number of hydrogen-bond donors (Lipinski definition) is 1. The maximum Gasteiger partial charge on any atom is 0.316 e. The quantitative estimate of drug-likeness (QED) is 0.288. The van der Waals surface area contributed by atoms with Crippen molar-refractivity contribution in [3.63, 3.8) is 0 Å². The van der Waals surface area contributed by atoms with Crippen molar-refractivity contribution in [2.45, 2.75) is 44.0 Å². The van der Waals surface area contributed by atoms with Gasteiger partial charge in [0.1, 0.15) is 0 Å². The van der Waals surface area contributed by atoms with Crippen LogP contribution in [-0.2, 0) is 30.7 Å². The van der Waals surface area contributed by atoms with Crippen molar-refractivity contribution in [3.05, 3.63) is 102 Å². The van der Waals surface area contributed by atoms with E-state index in [9.17, 15) is 14.1 Å². The van der Waals surface area contributed by atoms with Gasteiger partial charge >= 0.3 is 5.97 Å². The van der Waals surface area contributed by atoms with Crippen LogP contribution < -0.4 is 0 Å². The highest BCUT2D eigenvalue weighted by Gasteiger charge is 2.52. The van der Waals surface area contributed by atoms with E-state index in [0.29, 0.717) is 23.6 Å². The van der Waals surface area contributed by atoms with Gasteiger partial charge in [-0.1, -0.05) is 90.1 Å². The molecule has 7 heteroatoms. The van der Waals surface area contributed by atoms with Crippen LogP contribution in [0.25, 0.3) is 22.5 Å². The van der Waals surface area contributed by atoms with Gasteiger partial charge in [-0.25, -0.2) is 0 Å². The van der Waals surface area contributed by atoms with Gasteiger partial charge in [0.25, 0.3) is 0 Å². The number of ether oxygens (including phenoxy) is 1. The number of carbonyl (C=O) groups excluding carboxylic acids is 1. The smallest absolute Gasteiger partial charge is 0.316 e. The second-order valence-corrected chi connectivity index (χ2v) is 11.2. The van der Waals surface area contributed by atoms with E-state index in [1.165, 1.54) is 13.2 Å². The molecule has 3 aromatic carbocycles. The molecule has 0 aliphatic heterocycles. The van der Waals surface area contributed by atoms with E-state index in [0.717, 1.165) is 35.1 Å². The SMILES string of the molecule is CCOC(=O)C1(c2ccc(-c3ccc(-c4onc(C)c4C(C)(O)[S@](C)=O)cc3)cc2)CC1.c1ccccc1. The highest BCUT2D eigenvalue weighted by molar-refractivity contribution is 7.85. The second kappa shape index (κ2) is 11.5. The molecule has 0 bridgehead atoms.